The number of para-hydroxylation sites is 1. The number of nitrogens with zero attached hydrogens (tertiary/aromatic N) is 1. The minimum absolute atomic E-state index is 0.129. The predicted molar refractivity (Wildman–Crippen MR) is 72.7 cm³/mol. The summed E-state index contributed by atoms with van der Waals surface area (Å²) in [7, 11) is 0. The molecular weight excluding hydrogens is 241 g/mol. The molecule has 0 N–H and O–H groups in total. The lowest BCUT2D eigenvalue weighted by Crippen LogP contribution is -2.33. The van der Waals surface area contributed by atoms with Gasteiger partial charge in [0.15, 0.2) is 0 Å². The second kappa shape index (κ2) is 4.84. The van der Waals surface area contributed by atoms with Gasteiger partial charge in [0.25, 0.3) is 5.91 Å². The fourth-order valence-corrected chi connectivity index (χ4v) is 2.17. The Morgan fingerprint density at radius 1 is 1.00 bits per heavy atom. The molecule has 2 aromatic rings. The van der Waals surface area contributed by atoms with E-state index in [1.165, 1.54) is 6.07 Å². The molecular formula is C16H14FNO. The first-order valence-corrected chi connectivity index (χ1v) is 6.40. The SMILES string of the molecule is O=C(c1ccccc1)N(c1ccccc1F)C1CC1. The summed E-state index contributed by atoms with van der Waals surface area (Å²) in [5.41, 5.74) is 0.969. The Bertz CT molecular complexity index is 593. The van der Waals surface area contributed by atoms with Crippen LogP contribution in [0.3, 0.4) is 0 Å². The Hall–Kier alpha value is -2.16. The van der Waals surface area contributed by atoms with E-state index in [4.69, 9.17) is 0 Å². The summed E-state index contributed by atoms with van der Waals surface area (Å²) in [6.07, 6.45) is 1.87. The van der Waals surface area contributed by atoms with Crippen molar-refractivity contribution in [2.45, 2.75) is 18.9 Å². The van der Waals surface area contributed by atoms with Gasteiger partial charge in [-0.25, -0.2) is 4.39 Å². The smallest absolute Gasteiger partial charge is 0.258 e. The van der Waals surface area contributed by atoms with Crippen molar-refractivity contribution in [2.24, 2.45) is 0 Å². The predicted octanol–water partition coefficient (Wildman–Crippen LogP) is 3.63. The summed E-state index contributed by atoms with van der Waals surface area (Å²) in [6.45, 7) is 0. The van der Waals surface area contributed by atoms with E-state index in [-0.39, 0.29) is 17.8 Å². The van der Waals surface area contributed by atoms with E-state index in [0.717, 1.165) is 12.8 Å². The van der Waals surface area contributed by atoms with Crippen LogP contribution in [0.1, 0.15) is 23.2 Å². The van der Waals surface area contributed by atoms with Crippen LogP contribution < -0.4 is 4.90 Å². The highest BCUT2D eigenvalue weighted by Gasteiger charge is 2.35. The zero-order valence-corrected chi connectivity index (χ0v) is 10.4. The second-order valence-corrected chi connectivity index (χ2v) is 4.72. The molecule has 1 amide bonds. The highest BCUT2D eigenvalue weighted by atomic mass is 19.1. The van der Waals surface area contributed by atoms with Crippen LogP contribution in [0.2, 0.25) is 0 Å². The summed E-state index contributed by atoms with van der Waals surface area (Å²) < 4.78 is 13.9. The largest absolute Gasteiger partial charge is 0.302 e. The maximum Gasteiger partial charge on any atom is 0.258 e. The van der Waals surface area contributed by atoms with Gasteiger partial charge in [-0.1, -0.05) is 30.3 Å². The van der Waals surface area contributed by atoms with Crippen molar-refractivity contribution in [2.75, 3.05) is 4.90 Å². The third-order valence-corrected chi connectivity index (χ3v) is 3.26. The molecule has 3 rings (SSSR count). The van der Waals surface area contributed by atoms with Crippen molar-refractivity contribution >= 4 is 11.6 Å². The average molecular weight is 255 g/mol. The van der Waals surface area contributed by atoms with Gasteiger partial charge in [0.05, 0.1) is 5.69 Å². The highest BCUT2D eigenvalue weighted by Crippen LogP contribution is 2.34. The monoisotopic (exact) mass is 255 g/mol. The molecule has 0 saturated heterocycles. The molecule has 0 spiro atoms. The van der Waals surface area contributed by atoms with Crippen LogP contribution in [-0.4, -0.2) is 11.9 Å². The topological polar surface area (TPSA) is 20.3 Å². The minimum atomic E-state index is -0.348. The number of anilines is 1. The lowest BCUT2D eigenvalue weighted by molar-refractivity contribution is 0.0984. The molecule has 1 aliphatic rings. The van der Waals surface area contributed by atoms with Crippen LogP contribution in [-0.2, 0) is 0 Å². The first-order valence-electron chi connectivity index (χ1n) is 6.40. The van der Waals surface area contributed by atoms with Gasteiger partial charge in [0, 0.05) is 11.6 Å². The molecule has 1 fully saturated rings. The molecule has 3 heteroatoms. The van der Waals surface area contributed by atoms with E-state index < -0.39 is 0 Å². The third kappa shape index (κ3) is 2.36. The molecule has 1 aliphatic carbocycles. The van der Waals surface area contributed by atoms with Crippen molar-refractivity contribution in [3.8, 4) is 0 Å². The zero-order valence-electron chi connectivity index (χ0n) is 10.4. The van der Waals surface area contributed by atoms with E-state index in [2.05, 4.69) is 0 Å². The summed E-state index contributed by atoms with van der Waals surface area (Å²) in [5, 5.41) is 0. The Labute approximate surface area is 111 Å². The molecule has 1 saturated carbocycles. The van der Waals surface area contributed by atoms with Crippen LogP contribution in [0.4, 0.5) is 10.1 Å². The molecule has 0 unspecified atom stereocenters. The lowest BCUT2D eigenvalue weighted by Gasteiger charge is -2.23. The van der Waals surface area contributed by atoms with E-state index >= 15 is 0 Å². The van der Waals surface area contributed by atoms with Crippen molar-refractivity contribution in [3.63, 3.8) is 0 Å². The number of carbonyl (C=O) groups is 1. The molecule has 0 aliphatic heterocycles. The molecule has 0 aromatic heterocycles. The first kappa shape index (κ1) is 11.9. The molecule has 0 radical (unpaired) electrons. The van der Waals surface area contributed by atoms with Gasteiger partial charge in [0.1, 0.15) is 5.82 Å². The zero-order chi connectivity index (χ0) is 13.2. The van der Waals surface area contributed by atoms with Gasteiger partial charge < -0.3 is 4.90 Å². The Balaban J connectivity index is 1.99. The van der Waals surface area contributed by atoms with Crippen molar-refractivity contribution in [3.05, 3.63) is 66.0 Å². The second-order valence-electron chi connectivity index (χ2n) is 4.72. The maximum absolute atomic E-state index is 13.9. The molecule has 2 nitrogen and oxygen atoms in total. The number of halogens is 1. The van der Waals surface area contributed by atoms with Gasteiger partial charge in [0.2, 0.25) is 0 Å². The molecule has 0 heterocycles. The van der Waals surface area contributed by atoms with Crippen molar-refractivity contribution in [1.29, 1.82) is 0 Å². The molecule has 96 valence electrons. The van der Waals surface area contributed by atoms with Crippen LogP contribution in [0.5, 0.6) is 0 Å². The summed E-state index contributed by atoms with van der Waals surface area (Å²) >= 11 is 0. The highest BCUT2D eigenvalue weighted by molar-refractivity contribution is 6.06. The van der Waals surface area contributed by atoms with Gasteiger partial charge in [-0.3, -0.25) is 4.79 Å². The fraction of sp³-hybridized carbons (Fsp3) is 0.188. The first-order chi connectivity index (χ1) is 9.27. The standard InChI is InChI=1S/C16H14FNO/c17-14-8-4-5-9-15(14)18(13-10-11-13)16(19)12-6-2-1-3-7-12/h1-9,13H,10-11H2. The number of amides is 1. The van der Waals surface area contributed by atoms with Crippen molar-refractivity contribution < 1.29 is 9.18 Å². The van der Waals surface area contributed by atoms with Gasteiger partial charge in [-0.15, -0.1) is 0 Å². The summed E-state index contributed by atoms with van der Waals surface area (Å²) in [5.74, 6) is -0.480. The molecule has 2 aromatic carbocycles. The number of rotatable bonds is 3. The van der Waals surface area contributed by atoms with E-state index in [9.17, 15) is 9.18 Å². The summed E-state index contributed by atoms with van der Waals surface area (Å²) in [4.78, 5) is 14.1. The Morgan fingerprint density at radius 3 is 2.26 bits per heavy atom. The van der Waals surface area contributed by atoms with E-state index in [1.807, 2.05) is 18.2 Å². The van der Waals surface area contributed by atoms with Crippen molar-refractivity contribution in [1.82, 2.24) is 0 Å². The normalized spacial score (nSPS) is 14.2. The van der Waals surface area contributed by atoms with Gasteiger partial charge in [-0.2, -0.15) is 0 Å². The number of carbonyl (C=O) groups excluding carboxylic acids is 1. The fourth-order valence-electron chi connectivity index (χ4n) is 2.17. The van der Waals surface area contributed by atoms with Gasteiger partial charge in [-0.05, 0) is 37.1 Å². The lowest BCUT2D eigenvalue weighted by atomic mass is 10.1. The van der Waals surface area contributed by atoms with Crippen LogP contribution in [0, 0.1) is 5.82 Å². The molecule has 0 atom stereocenters. The minimum Gasteiger partial charge on any atom is -0.302 e. The van der Waals surface area contributed by atoms with Gasteiger partial charge >= 0.3 is 0 Å². The number of benzene rings is 2. The quantitative estimate of drug-likeness (QED) is 0.820. The summed E-state index contributed by atoms with van der Waals surface area (Å²) in [6, 6.07) is 15.6. The van der Waals surface area contributed by atoms with Crippen LogP contribution in [0.25, 0.3) is 0 Å². The number of hydrogen-bond donors (Lipinski definition) is 0. The Morgan fingerprint density at radius 2 is 1.63 bits per heavy atom. The number of hydrogen-bond acceptors (Lipinski definition) is 1. The van der Waals surface area contributed by atoms with E-state index in [0.29, 0.717) is 11.3 Å². The maximum atomic E-state index is 13.9. The Kier molecular flexibility index (Phi) is 3.03. The van der Waals surface area contributed by atoms with Crippen LogP contribution >= 0.6 is 0 Å². The third-order valence-electron chi connectivity index (χ3n) is 3.26. The molecule has 19 heavy (non-hydrogen) atoms. The average Bonchev–Trinajstić information content (AvgIpc) is 3.27. The van der Waals surface area contributed by atoms with E-state index in [1.54, 1.807) is 35.2 Å². The molecule has 0 bridgehead atoms. The van der Waals surface area contributed by atoms with Crippen LogP contribution in [0.15, 0.2) is 54.6 Å².